The number of hydrogen-bond donors (Lipinski definition) is 0. The van der Waals surface area contributed by atoms with E-state index in [-0.39, 0.29) is 0 Å². The maximum atomic E-state index is 6.81. The summed E-state index contributed by atoms with van der Waals surface area (Å²) in [5, 5.41) is 36.6. The van der Waals surface area contributed by atoms with Crippen molar-refractivity contribution in [3.05, 3.63) is 510 Å². The highest BCUT2D eigenvalue weighted by Gasteiger charge is 2.28. The molecular weight excluding hydrogens is 1710 g/mol. The lowest BCUT2D eigenvalue weighted by molar-refractivity contribution is 0.669. The summed E-state index contributed by atoms with van der Waals surface area (Å²) in [6.45, 7) is 0. The van der Waals surface area contributed by atoms with Crippen molar-refractivity contribution in [1.29, 1.82) is 0 Å². The largest absolute Gasteiger partial charge is 0.456 e. The highest BCUT2D eigenvalue weighted by molar-refractivity contribution is 6.31. The van der Waals surface area contributed by atoms with Gasteiger partial charge in [0.25, 0.3) is 0 Å². The lowest BCUT2D eigenvalue weighted by Gasteiger charge is -2.19. The van der Waals surface area contributed by atoms with E-state index in [1.807, 2.05) is 0 Å². The molecule has 3 aromatic heterocycles. The monoisotopic (exact) mass is 1790 g/mol. The van der Waals surface area contributed by atoms with Crippen molar-refractivity contribution in [2.75, 3.05) is 0 Å². The van der Waals surface area contributed by atoms with Crippen LogP contribution in [0.15, 0.2) is 523 Å². The van der Waals surface area contributed by atoms with E-state index < -0.39 is 0 Å². The first-order valence-electron chi connectivity index (χ1n) is 48.6. The van der Waals surface area contributed by atoms with Crippen molar-refractivity contribution in [3.63, 3.8) is 0 Å². The van der Waals surface area contributed by atoms with Crippen LogP contribution >= 0.6 is 0 Å². The summed E-state index contributed by atoms with van der Waals surface area (Å²) in [6.07, 6.45) is 0. The van der Waals surface area contributed by atoms with Crippen LogP contribution in [0, 0.1) is 0 Å². The van der Waals surface area contributed by atoms with Gasteiger partial charge >= 0.3 is 0 Å². The Morgan fingerprint density at radius 2 is 0.369 bits per heavy atom. The molecule has 0 aliphatic rings. The van der Waals surface area contributed by atoms with Gasteiger partial charge in [-0.1, -0.05) is 455 Å². The van der Waals surface area contributed by atoms with Gasteiger partial charge in [0.05, 0.1) is 0 Å². The van der Waals surface area contributed by atoms with Crippen LogP contribution in [0.25, 0.3) is 295 Å². The SMILES string of the molecule is c1ccc2cc(-c3c4ccccc4c(-c4cc(-c5cccc6ccccc56)cc5oc6ccccc6c45)c4ccccc34)ccc2c1.c1ccc2cc(-c3c4ccccc4c(-c4ccc(-c5cccc6ccccc56)c5oc6ccccc6c45)c4ccccc34)ccc2c1.c1ccc2cc(-c3c4ccccc4c(-c4cccc5oc6c(-c7cccc8ccccc78)cccc6c45)c4ccccc34)ccc2c1. The van der Waals surface area contributed by atoms with Crippen molar-refractivity contribution in [2.45, 2.75) is 0 Å². The fourth-order valence-corrected chi connectivity index (χ4v) is 23.3. The van der Waals surface area contributed by atoms with Crippen LogP contribution in [0.4, 0.5) is 0 Å². The standard InChI is InChI=1S/3C46H28O/c1-2-14-31-28-32(27-26-29(31)12-1)43-35-17-5-7-19-37(35)44(38-20-8-6-18-36(38)43)40-23-11-25-42-45(40)41-24-10-22-39(46(41)47-42)34-21-9-15-30-13-3-4-16-33(30)34;1-2-14-31-26-32(25-24-29(31)12-1)44-36-17-5-7-19-38(36)45(39-20-8-6-18-37(39)44)41-27-33(35-22-11-15-30-13-3-4-16-34(30)35)28-43-46(41)40-21-9-10-23-42(40)47-43;1-2-14-31-28-32(25-24-29(31)12-1)43-35-17-5-7-19-37(35)44(38-20-8-6-18-36(38)43)41-27-26-39(34-22-11-15-30-13-3-4-16-33(30)34)46-45(41)40-21-9-10-23-42(40)47-46/h3*1-28H. The molecule has 0 amide bonds. The van der Waals surface area contributed by atoms with Gasteiger partial charge in [-0.2, -0.15) is 0 Å². The maximum absolute atomic E-state index is 6.81. The lowest BCUT2D eigenvalue weighted by atomic mass is 9.83. The van der Waals surface area contributed by atoms with E-state index in [1.54, 1.807) is 0 Å². The van der Waals surface area contributed by atoms with E-state index in [2.05, 4.69) is 510 Å². The molecule has 654 valence electrons. The Morgan fingerprint density at radius 1 is 0.106 bits per heavy atom. The molecular formula is C138H84O3. The molecule has 0 saturated carbocycles. The number of fused-ring (bicyclic) bond motifs is 21. The van der Waals surface area contributed by atoms with Gasteiger partial charge in [-0.25, -0.2) is 0 Å². The minimum atomic E-state index is 0.900. The Bertz CT molecular complexity index is 10200. The molecule has 0 N–H and O–H groups in total. The van der Waals surface area contributed by atoms with E-state index >= 15 is 0 Å². The van der Waals surface area contributed by atoms with Crippen LogP contribution in [0.2, 0.25) is 0 Å². The summed E-state index contributed by atoms with van der Waals surface area (Å²) in [6, 6.07) is 184. The third kappa shape index (κ3) is 13.3. The molecule has 0 aliphatic heterocycles. The predicted octanol–water partition coefficient (Wildman–Crippen LogP) is 39.6. The lowest BCUT2D eigenvalue weighted by Crippen LogP contribution is -1.92. The Balaban J connectivity index is 0.000000104. The highest BCUT2D eigenvalue weighted by atomic mass is 16.3. The molecule has 0 radical (unpaired) electrons. The first kappa shape index (κ1) is 80.9. The smallest absolute Gasteiger partial charge is 0.143 e. The fraction of sp³-hybridized carbons (Fsp3) is 0. The van der Waals surface area contributed by atoms with Gasteiger partial charge in [0.1, 0.15) is 33.5 Å². The minimum absolute atomic E-state index is 0.900. The van der Waals surface area contributed by atoms with E-state index in [0.29, 0.717) is 0 Å². The van der Waals surface area contributed by atoms with Crippen molar-refractivity contribution in [2.24, 2.45) is 0 Å². The summed E-state index contributed by atoms with van der Waals surface area (Å²) in [5.74, 6) is 0. The molecule has 0 spiro atoms. The normalized spacial score (nSPS) is 11.8. The number of para-hydroxylation sites is 3. The zero-order valence-corrected chi connectivity index (χ0v) is 76.7. The molecule has 0 saturated heterocycles. The van der Waals surface area contributed by atoms with E-state index in [4.69, 9.17) is 13.3 Å². The third-order valence-corrected chi connectivity index (χ3v) is 29.5. The van der Waals surface area contributed by atoms with Gasteiger partial charge in [0.2, 0.25) is 0 Å². The second-order valence-corrected chi connectivity index (χ2v) is 37.2. The van der Waals surface area contributed by atoms with Gasteiger partial charge in [0.15, 0.2) is 0 Å². The average Bonchev–Trinajstić information content (AvgIpc) is 1.72. The second-order valence-electron chi connectivity index (χ2n) is 37.2. The van der Waals surface area contributed by atoms with Crippen molar-refractivity contribution in [3.8, 4) is 100 Å². The average molecular weight is 1790 g/mol. The topological polar surface area (TPSA) is 39.4 Å². The first-order chi connectivity index (χ1) is 70.0. The van der Waals surface area contributed by atoms with Gasteiger partial charge in [-0.15, -0.1) is 0 Å². The molecule has 0 fully saturated rings. The van der Waals surface area contributed by atoms with Gasteiger partial charge in [-0.05, 0) is 273 Å². The molecule has 30 rings (SSSR count). The van der Waals surface area contributed by atoms with Gasteiger partial charge in [-0.3, -0.25) is 0 Å². The van der Waals surface area contributed by atoms with Crippen LogP contribution in [0.1, 0.15) is 0 Å². The second kappa shape index (κ2) is 33.2. The van der Waals surface area contributed by atoms with Crippen LogP contribution in [-0.4, -0.2) is 0 Å². The van der Waals surface area contributed by atoms with Crippen LogP contribution in [-0.2, 0) is 0 Å². The Hall–Kier alpha value is -18.5. The van der Waals surface area contributed by atoms with Crippen LogP contribution < -0.4 is 0 Å². The molecule has 30 aromatic rings. The number of rotatable bonds is 9. The third-order valence-electron chi connectivity index (χ3n) is 29.5. The molecule has 27 aromatic carbocycles. The zero-order chi connectivity index (χ0) is 92.7. The minimum Gasteiger partial charge on any atom is -0.456 e. The molecule has 0 atom stereocenters. The van der Waals surface area contributed by atoms with Crippen LogP contribution in [0.3, 0.4) is 0 Å². The van der Waals surface area contributed by atoms with E-state index in [0.717, 1.165) is 82.5 Å². The van der Waals surface area contributed by atoms with Crippen molar-refractivity contribution >= 4 is 195 Å². The molecule has 0 bridgehead atoms. The molecule has 0 aliphatic carbocycles. The van der Waals surface area contributed by atoms with E-state index in [9.17, 15) is 0 Å². The molecule has 141 heavy (non-hydrogen) atoms. The Morgan fingerprint density at radius 3 is 0.801 bits per heavy atom. The molecule has 3 heteroatoms. The summed E-state index contributed by atoms with van der Waals surface area (Å²) in [4.78, 5) is 0. The number of furan rings is 3. The highest BCUT2D eigenvalue weighted by Crippen LogP contribution is 2.55. The van der Waals surface area contributed by atoms with Gasteiger partial charge in [0, 0.05) is 43.4 Å². The summed E-state index contributed by atoms with van der Waals surface area (Å²) in [5.41, 5.74) is 27.2. The van der Waals surface area contributed by atoms with Gasteiger partial charge < -0.3 is 13.3 Å². The first-order valence-corrected chi connectivity index (χ1v) is 48.6. The van der Waals surface area contributed by atoms with Crippen molar-refractivity contribution in [1.82, 2.24) is 0 Å². The maximum Gasteiger partial charge on any atom is 0.143 e. The summed E-state index contributed by atoms with van der Waals surface area (Å²) in [7, 11) is 0. The Kier molecular flexibility index (Phi) is 19.0. The summed E-state index contributed by atoms with van der Waals surface area (Å²) >= 11 is 0. The molecule has 3 nitrogen and oxygen atoms in total. The van der Waals surface area contributed by atoms with E-state index in [1.165, 1.54) is 213 Å². The number of benzene rings is 27. The molecule has 0 unspecified atom stereocenters. The zero-order valence-electron chi connectivity index (χ0n) is 76.7. The van der Waals surface area contributed by atoms with Crippen LogP contribution in [0.5, 0.6) is 0 Å². The summed E-state index contributed by atoms with van der Waals surface area (Å²) < 4.78 is 20.3. The molecule has 3 heterocycles. The van der Waals surface area contributed by atoms with Crippen molar-refractivity contribution < 1.29 is 13.3 Å². The fourth-order valence-electron chi connectivity index (χ4n) is 23.3. The number of hydrogen-bond acceptors (Lipinski definition) is 3. The Labute approximate surface area is 812 Å². The predicted molar refractivity (Wildman–Crippen MR) is 600 cm³/mol. The quantitative estimate of drug-likeness (QED) is 0.135.